The summed E-state index contributed by atoms with van der Waals surface area (Å²) in [5.74, 6) is 0.280. The maximum absolute atomic E-state index is 12.4. The Kier molecular flexibility index (Phi) is 5.66. The molecule has 1 N–H and O–H groups in total. The fourth-order valence-electron chi connectivity index (χ4n) is 2.51. The Bertz CT molecular complexity index is 1060. The number of nitriles is 1. The third-order valence-corrected chi connectivity index (χ3v) is 4.39. The van der Waals surface area contributed by atoms with E-state index >= 15 is 0 Å². The highest BCUT2D eigenvalue weighted by Crippen LogP contribution is 2.35. The van der Waals surface area contributed by atoms with Crippen LogP contribution in [0.2, 0.25) is 10.0 Å². The third kappa shape index (κ3) is 4.40. The Hall–Kier alpha value is -3.00. The largest absolute Gasteiger partial charge is 0.457 e. The van der Waals surface area contributed by atoms with Gasteiger partial charge in [-0.15, -0.1) is 0 Å². The molecule has 0 aliphatic rings. The second kappa shape index (κ2) is 8.13. The highest BCUT2D eigenvalue weighted by molar-refractivity contribution is 6.39. The van der Waals surface area contributed by atoms with Crippen molar-refractivity contribution in [2.75, 3.05) is 5.32 Å². The summed E-state index contributed by atoms with van der Waals surface area (Å²) in [5.41, 5.74) is 2.09. The molecule has 0 saturated heterocycles. The number of rotatable bonds is 4. The van der Waals surface area contributed by atoms with E-state index in [1.165, 1.54) is 6.08 Å². The molecule has 134 valence electrons. The van der Waals surface area contributed by atoms with Crippen molar-refractivity contribution in [1.82, 2.24) is 0 Å². The van der Waals surface area contributed by atoms with E-state index in [0.717, 1.165) is 5.56 Å². The van der Waals surface area contributed by atoms with Gasteiger partial charge in [0, 0.05) is 11.8 Å². The van der Waals surface area contributed by atoms with Crippen LogP contribution in [0.1, 0.15) is 11.3 Å². The first-order valence-corrected chi connectivity index (χ1v) is 8.77. The summed E-state index contributed by atoms with van der Waals surface area (Å²) in [7, 11) is 0. The lowest BCUT2D eigenvalue weighted by atomic mass is 10.2. The molecule has 0 radical (unpaired) electrons. The van der Waals surface area contributed by atoms with Crippen molar-refractivity contribution in [2.24, 2.45) is 0 Å². The van der Waals surface area contributed by atoms with E-state index in [0.29, 0.717) is 32.8 Å². The van der Waals surface area contributed by atoms with Crippen LogP contribution in [-0.4, -0.2) is 5.91 Å². The molecule has 1 heterocycles. The topological polar surface area (TPSA) is 66.0 Å². The molecule has 0 bridgehead atoms. The molecule has 0 unspecified atom stereocenters. The van der Waals surface area contributed by atoms with Crippen LogP contribution in [0.3, 0.4) is 0 Å². The Morgan fingerprint density at radius 2 is 1.81 bits per heavy atom. The summed E-state index contributed by atoms with van der Waals surface area (Å²) in [6.07, 6.45) is 1.37. The monoisotopic (exact) mass is 396 g/mol. The predicted octanol–water partition coefficient (Wildman–Crippen LogP) is 6.11. The van der Waals surface area contributed by atoms with Gasteiger partial charge < -0.3 is 9.73 Å². The van der Waals surface area contributed by atoms with Gasteiger partial charge in [-0.2, -0.15) is 5.26 Å². The van der Waals surface area contributed by atoms with Crippen molar-refractivity contribution < 1.29 is 9.21 Å². The lowest BCUT2D eigenvalue weighted by molar-refractivity contribution is -0.112. The Labute approximate surface area is 166 Å². The first-order chi connectivity index (χ1) is 13.0. The van der Waals surface area contributed by atoms with Crippen LogP contribution in [-0.2, 0) is 4.79 Å². The highest BCUT2D eigenvalue weighted by Gasteiger charge is 2.14. The first kappa shape index (κ1) is 18.8. The lowest BCUT2D eigenvalue weighted by Crippen LogP contribution is -2.13. The Balaban J connectivity index is 1.86. The van der Waals surface area contributed by atoms with E-state index in [1.54, 1.807) is 36.4 Å². The van der Waals surface area contributed by atoms with Gasteiger partial charge in [0.15, 0.2) is 0 Å². The van der Waals surface area contributed by atoms with E-state index < -0.39 is 5.91 Å². The van der Waals surface area contributed by atoms with Crippen LogP contribution in [0, 0.1) is 18.3 Å². The number of benzene rings is 2. The van der Waals surface area contributed by atoms with Gasteiger partial charge in [0.1, 0.15) is 23.2 Å². The van der Waals surface area contributed by atoms with Gasteiger partial charge in [-0.3, -0.25) is 4.79 Å². The highest BCUT2D eigenvalue weighted by atomic mass is 35.5. The molecule has 2 aromatic carbocycles. The van der Waals surface area contributed by atoms with Crippen LogP contribution in [0.15, 0.2) is 64.6 Å². The minimum absolute atomic E-state index is 0.0809. The molecule has 0 spiro atoms. The maximum Gasteiger partial charge on any atom is 0.266 e. The fourth-order valence-corrected chi connectivity index (χ4v) is 3.09. The van der Waals surface area contributed by atoms with Crippen LogP contribution >= 0.6 is 23.2 Å². The zero-order valence-electron chi connectivity index (χ0n) is 14.3. The van der Waals surface area contributed by atoms with Gasteiger partial charge in [-0.25, -0.2) is 0 Å². The summed E-state index contributed by atoms with van der Waals surface area (Å²) in [5, 5.41) is 12.9. The molecule has 1 aromatic heterocycles. The van der Waals surface area contributed by atoms with Gasteiger partial charge in [0.05, 0.1) is 15.6 Å². The third-order valence-electron chi connectivity index (χ3n) is 3.76. The lowest BCUT2D eigenvalue weighted by Gasteiger charge is -2.05. The normalized spacial score (nSPS) is 11.1. The first-order valence-electron chi connectivity index (χ1n) is 8.02. The van der Waals surface area contributed by atoms with Gasteiger partial charge in [-0.1, -0.05) is 41.4 Å². The number of carbonyl (C=O) groups excluding carboxylic acids is 1. The molecular weight excluding hydrogens is 383 g/mol. The number of hydrogen-bond acceptors (Lipinski definition) is 3. The predicted molar refractivity (Wildman–Crippen MR) is 108 cm³/mol. The molecule has 27 heavy (non-hydrogen) atoms. The maximum atomic E-state index is 12.4. The second-order valence-corrected chi connectivity index (χ2v) is 6.61. The van der Waals surface area contributed by atoms with Crippen molar-refractivity contribution in [3.63, 3.8) is 0 Å². The van der Waals surface area contributed by atoms with Crippen LogP contribution in [0.5, 0.6) is 0 Å². The number of carbonyl (C=O) groups is 1. The summed E-state index contributed by atoms with van der Waals surface area (Å²) in [4.78, 5) is 12.4. The number of halogens is 2. The van der Waals surface area contributed by atoms with E-state index in [4.69, 9.17) is 27.6 Å². The van der Waals surface area contributed by atoms with Crippen LogP contribution < -0.4 is 5.32 Å². The van der Waals surface area contributed by atoms with Gasteiger partial charge >= 0.3 is 0 Å². The summed E-state index contributed by atoms with van der Waals surface area (Å²) < 4.78 is 5.71. The standard InChI is InChI=1S/C21H14Cl2N2O2/c1-13-4-2-5-15(10-13)25-21(26)14(12-24)11-16-8-9-19(27-16)20-17(22)6-3-7-18(20)23/h2-11H,1H3,(H,25,26)/b14-11+. The smallest absolute Gasteiger partial charge is 0.266 e. The van der Waals surface area contributed by atoms with Crippen molar-refractivity contribution in [2.45, 2.75) is 6.92 Å². The zero-order chi connectivity index (χ0) is 19.4. The van der Waals surface area contributed by atoms with Crippen molar-refractivity contribution >= 4 is 40.9 Å². The number of aryl methyl sites for hydroxylation is 1. The molecule has 0 fully saturated rings. The molecule has 0 saturated carbocycles. The number of nitrogens with one attached hydrogen (secondary N) is 1. The van der Waals surface area contributed by atoms with E-state index in [2.05, 4.69) is 5.32 Å². The van der Waals surface area contributed by atoms with E-state index in [9.17, 15) is 10.1 Å². The Morgan fingerprint density at radius 1 is 1.11 bits per heavy atom. The number of anilines is 1. The van der Waals surface area contributed by atoms with Crippen LogP contribution in [0.25, 0.3) is 17.4 Å². The molecule has 0 aliphatic heterocycles. The molecule has 1 amide bonds. The molecule has 3 aromatic rings. The molecule has 0 atom stereocenters. The SMILES string of the molecule is Cc1cccc(NC(=O)/C(C#N)=C/c2ccc(-c3c(Cl)cccc3Cl)o2)c1. The number of furan rings is 1. The van der Waals surface area contributed by atoms with Crippen molar-refractivity contribution in [1.29, 1.82) is 5.26 Å². The number of nitrogens with zero attached hydrogens (tertiary/aromatic N) is 1. The number of hydrogen-bond donors (Lipinski definition) is 1. The van der Waals surface area contributed by atoms with Crippen molar-refractivity contribution in [3.05, 3.63) is 81.5 Å². The molecular formula is C21H14Cl2N2O2. The van der Waals surface area contributed by atoms with Crippen molar-refractivity contribution in [3.8, 4) is 17.4 Å². The molecule has 0 aliphatic carbocycles. The van der Waals surface area contributed by atoms with E-state index in [1.807, 2.05) is 31.2 Å². The quantitative estimate of drug-likeness (QED) is 0.427. The molecule has 4 nitrogen and oxygen atoms in total. The second-order valence-electron chi connectivity index (χ2n) is 5.79. The number of amides is 1. The minimum atomic E-state index is -0.517. The van der Waals surface area contributed by atoms with Crippen LogP contribution in [0.4, 0.5) is 5.69 Å². The summed E-state index contributed by atoms with van der Waals surface area (Å²) in [6, 6.07) is 17.7. The van der Waals surface area contributed by atoms with Gasteiger partial charge in [0.2, 0.25) is 0 Å². The molecule has 3 rings (SSSR count). The Morgan fingerprint density at radius 3 is 2.48 bits per heavy atom. The van der Waals surface area contributed by atoms with E-state index in [-0.39, 0.29) is 5.57 Å². The molecule has 6 heteroatoms. The summed E-state index contributed by atoms with van der Waals surface area (Å²) in [6.45, 7) is 1.92. The van der Waals surface area contributed by atoms with Gasteiger partial charge in [0.25, 0.3) is 5.91 Å². The summed E-state index contributed by atoms with van der Waals surface area (Å²) >= 11 is 12.4. The minimum Gasteiger partial charge on any atom is -0.457 e. The fraction of sp³-hybridized carbons (Fsp3) is 0.0476. The average Bonchev–Trinajstić information content (AvgIpc) is 3.07. The van der Waals surface area contributed by atoms with Gasteiger partial charge in [-0.05, 0) is 48.9 Å². The average molecular weight is 397 g/mol. The zero-order valence-corrected chi connectivity index (χ0v) is 15.8.